The average Bonchev–Trinajstić information content (AvgIpc) is 3.25. The minimum atomic E-state index is -0.0674. The van der Waals surface area contributed by atoms with Gasteiger partial charge >= 0.3 is 0 Å². The Balaban J connectivity index is 1.61. The minimum Gasteiger partial charge on any atom is -0.490 e. The van der Waals surface area contributed by atoms with Crippen LogP contribution < -0.4 is 10.1 Å². The van der Waals surface area contributed by atoms with Crippen molar-refractivity contribution in [2.45, 2.75) is 57.1 Å². The molecule has 0 bridgehead atoms. The number of hydrogen-bond acceptors (Lipinski definition) is 3. The number of hydrogen-bond donors (Lipinski definition) is 2. The van der Waals surface area contributed by atoms with E-state index >= 15 is 0 Å². The molecule has 2 saturated carbocycles. The Morgan fingerprint density at radius 1 is 1.27 bits per heavy atom. The maximum atomic E-state index is 12.4. The fraction of sp³-hybridized carbons (Fsp3) is 0.611. The van der Waals surface area contributed by atoms with Crippen molar-refractivity contribution in [1.29, 1.82) is 0 Å². The first-order chi connectivity index (χ1) is 10.8. The van der Waals surface area contributed by atoms with Crippen LogP contribution in [-0.4, -0.2) is 29.8 Å². The Morgan fingerprint density at radius 2 is 2.05 bits per heavy atom. The molecule has 2 fully saturated rings. The molecule has 1 amide bonds. The lowest BCUT2D eigenvalue weighted by Gasteiger charge is -2.18. The van der Waals surface area contributed by atoms with Crippen LogP contribution in [0, 0.1) is 5.92 Å². The van der Waals surface area contributed by atoms with Crippen LogP contribution >= 0.6 is 0 Å². The van der Waals surface area contributed by atoms with Crippen LogP contribution in [0.15, 0.2) is 24.3 Å². The number of ether oxygens (including phenoxy) is 1. The van der Waals surface area contributed by atoms with E-state index in [1.54, 1.807) is 0 Å². The zero-order valence-corrected chi connectivity index (χ0v) is 13.0. The van der Waals surface area contributed by atoms with Crippen molar-refractivity contribution in [3.05, 3.63) is 29.8 Å². The Labute approximate surface area is 131 Å². The van der Waals surface area contributed by atoms with E-state index in [2.05, 4.69) is 5.32 Å². The van der Waals surface area contributed by atoms with Crippen molar-refractivity contribution in [3.8, 4) is 5.75 Å². The Bertz CT molecular complexity index is 507. The average molecular weight is 303 g/mol. The van der Waals surface area contributed by atoms with Gasteiger partial charge < -0.3 is 15.2 Å². The molecule has 1 atom stereocenters. The first-order valence-electron chi connectivity index (χ1n) is 8.44. The van der Waals surface area contributed by atoms with Crippen LogP contribution in [-0.2, 0) is 0 Å². The second kappa shape index (κ2) is 7.14. The first-order valence-corrected chi connectivity index (χ1v) is 8.44. The van der Waals surface area contributed by atoms with Crippen molar-refractivity contribution in [1.82, 2.24) is 5.32 Å². The lowest BCUT2D eigenvalue weighted by atomic mass is 10.1. The summed E-state index contributed by atoms with van der Waals surface area (Å²) < 4.78 is 5.96. The summed E-state index contributed by atoms with van der Waals surface area (Å²) in [4.78, 5) is 12.4. The summed E-state index contributed by atoms with van der Waals surface area (Å²) in [5.74, 6) is 1.25. The fourth-order valence-corrected chi connectivity index (χ4v) is 3.22. The smallest absolute Gasteiger partial charge is 0.251 e. The molecule has 1 aromatic carbocycles. The molecule has 4 nitrogen and oxygen atoms in total. The van der Waals surface area contributed by atoms with Crippen molar-refractivity contribution in [3.63, 3.8) is 0 Å². The number of carbonyl (C=O) groups excluding carboxylic acids is 1. The third-order valence-corrected chi connectivity index (χ3v) is 4.65. The lowest BCUT2D eigenvalue weighted by Crippen LogP contribution is -2.37. The largest absolute Gasteiger partial charge is 0.490 e. The molecule has 0 spiro atoms. The van der Waals surface area contributed by atoms with Crippen molar-refractivity contribution < 1.29 is 14.6 Å². The molecule has 4 heteroatoms. The highest BCUT2D eigenvalue weighted by molar-refractivity contribution is 5.94. The monoisotopic (exact) mass is 303 g/mol. The van der Waals surface area contributed by atoms with E-state index in [0.717, 1.165) is 31.4 Å². The third-order valence-electron chi connectivity index (χ3n) is 4.65. The van der Waals surface area contributed by atoms with Gasteiger partial charge in [0.05, 0.1) is 6.10 Å². The number of nitrogens with one attached hydrogen (secondary N) is 1. The number of carbonyl (C=O) groups is 1. The van der Waals surface area contributed by atoms with Gasteiger partial charge in [-0.2, -0.15) is 0 Å². The van der Waals surface area contributed by atoms with Crippen LogP contribution in [0.2, 0.25) is 0 Å². The van der Waals surface area contributed by atoms with Gasteiger partial charge in [0, 0.05) is 18.2 Å². The molecule has 120 valence electrons. The fourth-order valence-electron chi connectivity index (χ4n) is 3.22. The van der Waals surface area contributed by atoms with Crippen molar-refractivity contribution >= 4 is 5.91 Å². The number of aliphatic hydroxyl groups is 1. The van der Waals surface area contributed by atoms with Gasteiger partial charge in [0.25, 0.3) is 5.91 Å². The first kappa shape index (κ1) is 15.3. The SMILES string of the molecule is O=C(NC(CCO)C1CC1)c1cccc(OC2CCCC2)c1. The van der Waals surface area contributed by atoms with Crippen LogP contribution in [0.3, 0.4) is 0 Å². The topological polar surface area (TPSA) is 58.6 Å². The zero-order chi connectivity index (χ0) is 15.4. The molecule has 0 radical (unpaired) electrons. The summed E-state index contributed by atoms with van der Waals surface area (Å²) in [5.41, 5.74) is 0.638. The van der Waals surface area contributed by atoms with E-state index in [4.69, 9.17) is 9.84 Å². The summed E-state index contributed by atoms with van der Waals surface area (Å²) in [6.45, 7) is 0.117. The summed E-state index contributed by atoms with van der Waals surface area (Å²) in [6.07, 6.45) is 7.91. The van der Waals surface area contributed by atoms with Crippen LogP contribution in [0.1, 0.15) is 55.3 Å². The van der Waals surface area contributed by atoms with E-state index in [1.165, 1.54) is 12.8 Å². The van der Waals surface area contributed by atoms with Gasteiger partial charge in [-0.15, -0.1) is 0 Å². The highest BCUT2D eigenvalue weighted by Crippen LogP contribution is 2.34. The lowest BCUT2D eigenvalue weighted by molar-refractivity contribution is 0.0923. The number of benzene rings is 1. The molecule has 0 saturated heterocycles. The van der Waals surface area contributed by atoms with Crippen LogP contribution in [0.4, 0.5) is 0 Å². The molecule has 1 aromatic rings. The normalized spacial score (nSPS) is 19.9. The number of aliphatic hydroxyl groups excluding tert-OH is 1. The van der Waals surface area contributed by atoms with Crippen LogP contribution in [0.25, 0.3) is 0 Å². The molecule has 0 heterocycles. The molecule has 0 aliphatic heterocycles. The minimum absolute atomic E-state index is 0.0674. The van der Waals surface area contributed by atoms with Crippen molar-refractivity contribution in [2.24, 2.45) is 5.92 Å². The third kappa shape index (κ3) is 4.01. The highest BCUT2D eigenvalue weighted by atomic mass is 16.5. The maximum Gasteiger partial charge on any atom is 0.251 e. The van der Waals surface area contributed by atoms with Gasteiger partial charge in [0.1, 0.15) is 5.75 Å². The van der Waals surface area contributed by atoms with Gasteiger partial charge in [-0.05, 0) is 69.1 Å². The van der Waals surface area contributed by atoms with E-state index in [9.17, 15) is 4.79 Å². The number of amides is 1. The molecule has 2 aliphatic carbocycles. The second-order valence-electron chi connectivity index (χ2n) is 6.48. The molecule has 2 aliphatic rings. The molecule has 0 aromatic heterocycles. The molecule has 2 N–H and O–H groups in total. The summed E-state index contributed by atoms with van der Waals surface area (Å²) in [7, 11) is 0. The van der Waals surface area contributed by atoms with E-state index in [-0.39, 0.29) is 18.6 Å². The predicted molar refractivity (Wildman–Crippen MR) is 85.0 cm³/mol. The molecule has 3 rings (SSSR count). The van der Waals surface area contributed by atoms with Crippen LogP contribution in [0.5, 0.6) is 5.75 Å². The van der Waals surface area contributed by atoms with E-state index in [1.807, 2.05) is 24.3 Å². The van der Waals surface area contributed by atoms with Gasteiger partial charge in [-0.3, -0.25) is 4.79 Å². The zero-order valence-electron chi connectivity index (χ0n) is 13.0. The Morgan fingerprint density at radius 3 is 2.73 bits per heavy atom. The highest BCUT2D eigenvalue weighted by Gasteiger charge is 2.32. The van der Waals surface area contributed by atoms with Gasteiger partial charge in [-0.1, -0.05) is 6.07 Å². The Hall–Kier alpha value is -1.55. The van der Waals surface area contributed by atoms with E-state index in [0.29, 0.717) is 24.0 Å². The second-order valence-corrected chi connectivity index (χ2v) is 6.48. The quantitative estimate of drug-likeness (QED) is 0.814. The maximum absolute atomic E-state index is 12.4. The summed E-state index contributed by atoms with van der Waals surface area (Å²) >= 11 is 0. The van der Waals surface area contributed by atoms with E-state index < -0.39 is 0 Å². The number of rotatable bonds is 7. The standard InChI is InChI=1S/C18H25NO3/c20-11-10-17(13-8-9-13)19-18(21)14-4-3-7-16(12-14)22-15-5-1-2-6-15/h3-4,7,12-13,15,17,20H,1-2,5-6,8-11H2,(H,19,21). The summed E-state index contributed by atoms with van der Waals surface area (Å²) in [6, 6.07) is 7.53. The van der Waals surface area contributed by atoms with Crippen molar-refractivity contribution in [2.75, 3.05) is 6.61 Å². The molecule has 22 heavy (non-hydrogen) atoms. The van der Waals surface area contributed by atoms with Gasteiger partial charge in [0.15, 0.2) is 0 Å². The Kier molecular flexibility index (Phi) is 4.98. The predicted octanol–water partition coefficient (Wildman–Crippen LogP) is 2.90. The molecular formula is C18H25NO3. The van der Waals surface area contributed by atoms with Gasteiger partial charge in [-0.25, -0.2) is 0 Å². The summed E-state index contributed by atoms with van der Waals surface area (Å²) in [5, 5.41) is 12.2. The molecule has 1 unspecified atom stereocenters. The molecular weight excluding hydrogens is 278 g/mol. The van der Waals surface area contributed by atoms with Gasteiger partial charge in [0.2, 0.25) is 0 Å².